The van der Waals surface area contributed by atoms with Gasteiger partial charge in [-0.2, -0.15) is 13.5 Å². The normalized spacial score (nSPS) is 11.5. The molecule has 0 radical (unpaired) electrons. The number of hydrogen-bond acceptors (Lipinski definition) is 5. The summed E-state index contributed by atoms with van der Waals surface area (Å²) >= 11 is 0. The summed E-state index contributed by atoms with van der Waals surface area (Å²) in [6, 6.07) is 12.6. The van der Waals surface area contributed by atoms with Gasteiger partial charge in [0.2, 0.25) is 0 Å². The van der Waals surface area contributed by atoms with Crippen molar-refractivity contribution in [3.63, 3.8) is 0 Å². The van der Waals surface area contributed by atoms with E-state index in [2.05, 4.69) is 9.93 Å². The van der Waals surface area contributed by atoms with Crippen LogP contribution in [0.15, 0.2) is 58.5 Å². The molecule has 0 spiro atoms. The minimum absolute atomic E-state index is 0.0175. The number of rotatable bonds is 6. The first-order valence-electron chi connectivity index (χ1n) is 6.58. The van der Waals surface area contributed by atoms with Crippen LogP contribution in [0, 0.1) is 0 Å². The van der Waals surface area contributed by atoms with Gasteiger partial charge in [0.05, 0.1) is 17.7 Å². The number of hydrogen-bond donors (Lipinski definition) is 2. The van der Waals surface area contributed by atoms with Gasteiger partial charge in [0.15, 0.2) is 11.5 Å². The van der Waals surface area contributed by atoms with E-state index in [0.29, 0.717) is 17.9 Å². The van der Waals surface area contributed by atoms with Crippen molar-refractivity contribution >= 4 is 16.2 Å². The zero-order valence-electron chi connectivity index (χ0n) is 11.9. The standard InChI is InChI=1S/C15H16N2O4S/c1-2-21-15-10-12(8-9-14(15)18)11-16-17-22(19,20)13-6-4-3-5-7-13/h3-11,17-18H,2H2,1H3/b16-11+. The zero-order chi connectivity index (χ0) is 16.0. The highest BCUT2D eigenvalue weighted by Gasteiger charge is 2.11. The molecule has 0 bridgehead atoms. The molecule has 0 saturated carbocycles. The van der Waals surface area contributed by atoms with Crippen molar-refractivity contribution in [2.24, 2.45) is 5.10 Å². The smallest absolute Gasteiger partial charge is 0.276 e. The summed E-state index contributed by atoms with van der Waals surface area (Å²) in [7, 11) is -3.69. The van der Waals surface area contributed by atoms with Crippen molar-refractivity contribution in [1.29, 1.82) is 0 Å². The summed E-state index contributed by atoms with van der Waals surface area (Å²) in [5, 5.41) is 13.3. The molecule has 0 aliphatic heterocycles. The highest BCUT2D eigenvalue weighted by atomic mass is 32.2. The van der Waals surface area contributed by atoms with Crippen LogP contribution in [0.1, 0.15) is 12.5 Å². The first-order chi connectivity index (χ1) is 10.5. The molecular formula is C15H16N2O4S. The molecule has 22 heavy (non-hydrogen) atoms. The van der Waals surface area contributed by atoms with Crippen LogP contribution in [0.2, 0.25) is 0 Å². The van der Waals surface area contributed by atoms with Gasteiger partial charge in [-0.15, -0.1) is 0 Å². The fourth-order valence-corrected chi connectivity index (χ4v) is 2.52. The largest absolute Gasteiger partial charge is 0.504 e. The molecule has 0 saturated heterocycles. The van der Waals surface area contributed by atoms with Gasteiger partial charge < -0.3 is 9.84 Å². The van der Waals surface area contributed by atoms with E-state index in [1.807, 2.05) is 0 Å². The molecule has 0 amide bonds. The average molecular weight is 320 g/mol. The van der Waals surface area contributed by atoms with Crippen LogP contribution in [0.25, 0.3) is 0 Å². The Bertz CT molecular complexity index is 758. The number of benzene rings is 2. The fraction of sp³-hybridized carbons (Fsp3) is 0.133. The van der Waals surface area contributed by atoms with E-state index in [1.54, 1.807) is 37.3 Å². The topological polar surface area (TPSA) is 88.0 Å². The predicted octanol–water partition coefficient (Wildman–Crippen LogP) is 2.10. The van der Waals surface area contributed by atoms with Gasteiger partial charge in [-0.05, 0) is 42.8 Å². The molecule has 6 nitrogen and oxygen atoms in total. The third-order valence-electron chi connectivity index (χ3n) is 2.72. The second kappa shape index (κ2) is 6.95. The molecule has 0 aliphatic rings. The van der Waals surface area contributed by atoms with Gasteiger partial charge >= 0.3 is 0 Å². The number of phenols is 1. The number of hydrazone groups is 1. The number of ether oxygens (including phenoxy) is 1. The fourth-order valence-electron chi connectivity index (χ4n) is 1.70. The second-order valence-electron chi connectivity index (χ2n) is 4.33. The van der Waals surface area contributed by atoms with Crippen molar-refractivity contribution in [2.75, 3.05) is 6.61 Å². The van der Waals surface area contributed by atoms with Crippen LogP contribution in [0.3, 0.4) is 0 Å². The lowest BCUT2D eigenvalue weighted by Crippen LogP contribution is -2.18. The predicted molar refractivity (Wildman–Crippen MR) is 83.6 cm³/mol. The number of phenolic OH excluding ortho intramolecular Hbond substituents is 1. The third-order valence-corrected chi connectivity index (χ3v) is 3.96. The summed E-state index contributed by atoms with van der Waals surface area (Å²) in [4.78, 5) is 2.26. The Morgan fingerprint density at radius 2 is 1.95 bits per heavy atom. The Morgan fingerprint density at radius 3 is 2.64 bits per heavy atom. The Morgan fingerprint density at radius 1 is 1.23 bits per heavy atom. The summed E-state index contributed by atoms with van der Waals surface area (Å²) in [5.41, 5.74) is 0.594. The van der Waals surface area contributed by atoms with Crippen molar-refractivity contribution in [3.8, 4) is 11.5 Å². The van der Waals surface area contributed by atoms with Gasteiger partial charge in [-0.3, -0.25) is 0 Å². The maximum Gasteiger partial charge on any atom is 0.276 e. The maximum absolute atomic E-state index is 12.0. The zero-order valence-corrected chi connectivity index (χ0v) is 12.7. The minimum atomic E-state index is -3.69. The van der Waals surface area contributed by atoms with Gasteiger partial charge in [-0.25, -0.2) is 4.83 Å². The molecule has 2 aromatic rings. The molecule has 0 heterocycles. The van der Waals surface area contributed by atoms with Crippen LogP contribution in [0.4, 0.5) is 0 Å². The lowest BCUT2D eigenvalue weighted by atomic mass is 10.2. The summed E-state index contributed by atoms with van der Waals surface area (Å²) in [6.07, 6.45) is 1.34. The molecule has 2 rings (SSSR count). The molecule has 0 aliphatic carbocycles. The summed E-state index contributed by atoms with van der Waals surface area (Å²) in [5.74, 6) is 0.334. The van der Waals surface area contributed by atoms with Crippen molar-refractivity contribution in [1.82, 2.24) is 4.83 Å². The number of nitrogens with zero attached hydrogens (tertiary/aromatic N) is 1. The molecular weight excluding hydrogens is 304 g/mol. The SMILES string of the molecule is CCOc1cc(/C=N/NS(=O)(=O)c2ccccc2)ccc1O. The average Bonchev–Trinajstić information content (AvgIpc) is 2.51. The number of nitrogens with one attached hydrogen (secondary N) is 1. The first kappa shape index (κ1) is 15.8. The van der Waals surface area contributed by atoms with E-state index in [0.717, 1.165) is 0 Å². The van der Waals surface area contributed by atoms with Crippen molar-refractivity contribution in [2.45, 2.75) is 11.8 Å². The molecule has 0 atom stereocenters. The Hall–Kier alpha value is -2.54. The van der Waals surface area contributed by atoms with Gasteiger partial charge in [0.25, 0.3) is 10.0 Å². The lowest BCUT2D eigenvalue weighted by Gasteiger charge is -2.06. The molecule has 2 aromatic carbocycles. The Balaban J connectivity index is 2.11. The summed E-state index contributed by atoms with van der Waals surface area (Å²) in [6.45, 7) is 2.21. The molecule has 0 aromatic heterocycles. The van der Waals surface area contributed by atoms with Crippen LogP contribution in [-0.2, 0) is 10.0 Å². The monoisotopic (exact) mass is 320 g/mol. The van der Waals surface area contributed by atoms with Crippen molar-refractivity contribution in [3.05, 3.63) is 54.1 Å². The third kappa shape index (κ3) is 3.98. The van der Waals surface area contributed by atoms with E-state index in [9.17, 15) is 13.5 Å². The highest BCUT2D eigenvalue weighted by Crippen LogP contribution is 2.26. The Kier molecular flexibility index (Phi) is 5.00. The van der Waals surface area contributed by atoms with Crippen molar-refractivity contribution < 1.29 is 18.3 Å². The molecule has 2 N–H and O–H groups in total. The van der Waals surface area contributed by atoms with Crippen LogP contribution >= 0.6 is 0 Å². The van der Waals surface area contributed by atoms with Crippen LogP contribution < -0.4 is 9.57 Å². The molecule has 116 valence electrons. The van der Waals surface area contributed by atoms with Gasteiger partial charge in [0, 0.05) is 0 Å². The quantitative estimate of drug-likeness (QED) is 0.630. The maximum atomic E-state index is 12.0. The molecule has 0 fully saturated rings. The lowest BCUT2D eigenvalue weighted by molar-refractivity contribution is 0.318. The van der Waals surface area contributed by atoms with Crippen LogP contribution in [-0.4, -0.2) is 26.3 Å². The number of aromatic hydroxyl groups is 1. The van der Waals surface area contributed by atoms with Crippen LogP contribution in [0.5, 0.6) is 11.5 Å². The Labute approximate surface area is 129 Å². The van der Waals surface area contributed by atoms with E-state index in [1.165, 1.54) is 24.4 Å². The molecule has 0 unspecified atom stereocenters. The number of sulfonamides is 1. The highest BCUT2D eigenvalue weighted by molar-refractivity contribution is 7.89. The van der Waals surface area contributed by atoms with Gasteiger partial charge in [-0.1, -0.05) is 18.2 Å². The first-order valence-corrected chi connectivity index (χ1v) is 8.07. The minimum Gasteiger partial charge on any atom is -0.504 e. The van der Waals surface area contributed by atoms with E-state index in [4.69, 9.17) is 4.74 Å². The molecule has 7 heteroatoms. The van der Waals surface area contributed by atoms with E-state index in [-0.39, 0.29) is 10.6 Å². The summed E-state index contributed by atoms with van der Waals surface area (Å²) < 4.78 is 29.2. The second-order valence-corrected chi connectivity index (χ2v) is 5.99. The van der Waals surface area contributed by atoms with Gasteiger partial charge in [0.1, 0.15) is 0 Å². The van der Waals surface area contributed by atoms with E-state index < -0.39 is 10.0 Å². The van der Waals surface area contributed by atoms with E-state index >= 15 is 0 Å².